The summed E-state index contributed by atoms with van der Waals surface area (Å²) in [5.74, 6) is 0.643. The van der Waals surface area contributed by atoms with E-state index in [1.807, 2.05) is 43.3 Å². The molecule has 0 amide bonds. The normalized spacial score (nSPS) is 13.0. The minimum Gasteiger partial charge on any atom is -0.494 e. The van der Waals surface area contributed by atoms with Gasteiger partial charge < -0.3 is 4.74 Å². The molecule has 0 unspecified atom stereocenters. The molecule has 32 heavy (non-hydrogen) atoms. The number of carbonyl (C=O) groups is 1. The lowest BCUT2D eigenvalue weighted by atomic mass is 10.0. The Morgan fingerprint density at radius 2 is 1.91 bits per heavy atom. The highest BCUT2D eigenvalue weighted by Crippen LogP contribution is 2.44. The molecule has 2 aromatic carbocycles. The summed E-state index contributed by atoms with van der Waals surface area (Å²) in [6, 6.07) is 16.1. The molecule has 6 nitrogen and oxygen atoms in total. The van der Waals surface area contributed by atoms with Gasteiger partial charge in [-0.3, -0.25) is 4.79 Å². The SMILES string of the molecule is Cc1ncsc1C1=C(c2cnn(C)n2)C(=O)c2cc(OCCCc3ccccc3)ccc21. The van der Waals surface area contributed by atoms with E-state index in [-0.39, 0.29) is 5.78 Å². The zero-order valence-corrected chi connectivity index (χ0v) is 18.7. The highest BCUT2D eigenvalue weighted by atomic mass is 32.1. The minimum atomic E-state index is -0.0574. The Balaban J connectivity index is 1.42. The van der Waals surface area contributed by atoms with Crippen LogP contribution in [0.15, 0.2) is 60.2 Å². The summed E-state index contributed by atoms with van der Waals surface area (Å²) in [5.41, 5.74) is 7.53. The van der Waals surface area contributed by atoms with Crippen molar-refractivity contribution in [3.8, 4) is 5.75 Å². The number of hydrogen-bond donors (Lipinski definition) is 0. The topological polar surface area (TPSA) is 69.9 Å². The number of rotatable bonds is 7. The Bertz CT molecular complexity index is 1320. The first-order valence-corrected chi connectivity index (χ1v) is 11.4. The number of aromatic nitrogens is 4. The van der Waals surface area contributed by atoms with Gasteiger partial charge in [0.1, 0.15) is 11.4 Å². The lowest BCUT2D eigenvalue weighted by molar-refractivity contribution is 0.105. The third kappa shape index (κ3) is 3.76. The molecule has 0 atom stereocenters. The summed E-state index contributed by atoms with van der Waals surface area (Å²) in [4.78, 5) is 20.3. The number of fused-ring (bicyclic) bond motifs is 1. The molecule has 1 aliphatic rings. The van der Waals surface area contributed by atoms with Gasteiger partial charge in [0.15, 0.2) is 5.78 Å². The van der Waals surface area contributed by atoms with E-state index in [0.29, 0.717) is 29.2 Å². The maximum absolute atomic E-state index is 13.5. The van der Waals surface area contributed by atoms with Crippen LogP contribution in [0.4, 0.5) is 0 Å². The van der Waals surface area contributed by atoms with Crippen LogP contribution in [-0.2, 0) is 13.5 Å². The van der Waals surface area contributed by atoms with Crippen LogP contribution in [0.2, 0.25) is 0 Å². The first kappa shape index (κ1) is 20.3. The van der Waals surface area contributed by atoms with E-state index in [2.05, 4.69) is 27.3 Å². The Kier molecular flexibility index (Phi) is 5.41. The van der Waals surface area contributed by atoms with Crippen molar-refractivity contribution < 1.29 is 9.53 Å². The predicted molar refractivity (Wildman–Crippen MR) is 125 cm³/mol. The van der Waals surface area contributed by atoms with E-state index in [1.54, 1.807) is 18.8 Å². The number of benzene rings is 2. The van der Waals surface area contributed by atoms with Crippen molar-refractivity contribution in [2.45, 2.75) is 19.8 Å². The largest absolute Gasteiger partial charge is 0.494 e. The number of aryl methyl sites for hydroxylation is 3. The highest BCUT2D eigenvalue weighted by molar-refractivity contribution is 7.11. The number of ketones is 1. The van der Waals surface area contributed by atoms with Crippen LogP contribution in [0, 0.1) is 6.92 Å². The molecular weight excluding hydrogens is 420 g/mol. The molecule has 5 rings (SSSR count). The van der Waals surface area contributed by atoms with Crippen LogP contribution >= 0.6 is 11.3 Å². The van der Waals surface area contributed by atoms with E-state index >= 15 is 0 Å². The van der Waals surface area contributed by atoms with E-state index in [1.165, 1.54) is 21.7 Å². The molecule has 0 saturated heterocycles. The van der Waals surface area contributed by atoms with Gasteiger partial charge in [-0.2, -0.15) is 15.0 Å². The Morgan fingerprint density at radius 3 is 2.62 bits per heavy atom. The summed E-state index contributed by atoms with van der Waals surface area (Å²) < 4.78 is 5.98. The second-order valence-electron chi connectivity index (χ2n) is 7.71. The van der Waals surface area contributed by atoms with Crippen molar-refractivity contribution in [3.05, 3.63) is 93.2 Å². The molecule has 0 bridgehead atoms. The summed E-state index contributed by atoms with van der Waals surface area (Å²) >= 11 is 1.53. The van der Waals surface area contributed by atoms with Gasteiger partial charge in [0, 0.05) is 18.2 Å². The van der Waals surface area contributed by atoms with Gasteiger partial charge in [0.2, 0.25) is 0 Å². The Labute approximate surface area is 190 Å². The van der Waals surface area contributed by atoms with Crippen LogP contribution in [-0.4, -0.2) is 32.4 Å². The molecule has 0 aliphatic heterocycles. The van der Waals surface area contributed by atoms with E-state index in [4.69, 9.17) is 4.74 Å². The van der Waals surface area contributed by atoms with E-state index < -0.39 is 0 Å². The molecule has 7 heteroatoms. The molecule has 2 heterocycles. The first-order chi connectivity index (χ1) is 15.6. The van der Waals surface area contributed by atoms with Gasteiger partial charge in [-0.1, -0.05) is 30.3 Å². The fourth-order valence-electron chi connectivity index (χ4n) is 4.00. The fourth-order valence-corrected chi connectivity index (χ4v) is 4.86. The van der Waals surface area contributed by atoms with Crippen LogP contribution in [0.1, 0.15) is 44.2 Å². The number of thiazole rings is 1. The lowest BCUT2D eigenvalue weighted by Crippen LogP contribution is -2.02. The maximum Gasteiger partial charge on any atom is 0.196 e. The molecule has 0 saturated carbocycles. The Morgan fingerprint density at radius 1 is 1.06 bits per heavy atom. The van der Waals surface area contributed by atoms with Gasteiger partial charge in [-0.25, -0.2) is 4.98 Å². The third-order valence-electron chi connectivity index (χ3n) is 5.53. The molecule has 1 aliphatic carbocycles. The highest BCUT2D eigenvalue weighted by Gasteiger charge is 2.34. The molecule has 4 aromatic rings. The molecule has 0 N–H and O–H groups in total. The maximum atomic E-state index is 13.5. The van der Waals surface area contributed by atoms with Gasteiger partial charge in [0.25, 0.3) is 0 Å². The number of allylic oxidation sites excluding steroid dienone is 1. The number of ether oxygens (including phenoxy) is 1. The lowest BCUT2D eigenvalue weighted by Gasteiger charge is -2.09. The van der Waals surface area contributed by atoms with Gasteiger partial charge in [0.05, 0.1) is 34.5 Å². The van der Waals surface area contributed by atoms with Gasteiger partial charge >= 0.3 is 0 Å². The van der Waals surface area contributed by atoms with E-state index in [0.717, 1.165) is 34.5 Å². The predicted octanol–water partition coefficient (Wildman–Crippen LogP) is 4.75. The first-order valence-electron chi connectivity index (χ1n) is 10.5. The van der Waals surface area contributed by atoms with Crippen molar-refractivity contribution in [3.63, 3.8) is 0 Å². The monoisotopic (exact) mass is 442 g/mol. The standard InChI is InChI=1S/C25H22N4O2S/c1-16-25(32-15-26-16)22-19-11-10-18(31-12-6-9-17-7-4-3-5-8-17)13-20(19)24(30)23(22)21-14-27-29(2)28-21/h3-5,7-8,10-11,13-15H,6,9,12H2,1-2H3. The molecule has 0 fully saturated rings. The van der Waals surface area contributed by atoms with Gasteiger partial charge in [-0.15, -0.1) is 11.3 Å². The van der Waals surface area contributed by atoms with Crippen LogP contribution in [0.25, 0.3) is 11.1 Å². The smallest absolute Gasteiger partial charge is 0.196 e. The fraction of sp³-hybridized carbons (Fsp3) is 0.200. The average Bonchev–Trinajstić information content (AvgIpc) is 3.49. The zero-order chi connectivity index (χ0) is 22.1. The van der Waals surface area contributed by atoms with Crippen molar-refractivity contribution >= 4 is 28.3 Å². The summed E-state index contributed by atoms with van der Waals surface area (Å²) in [6.45, 7) is 2.55. The van der Waals surface area contributed by atoms with Crippen molar-refractivity contribution in [1.82, 2.24) is 20.0 Å². The number of carbonyl (C=O) groups excluding carboxylic acids is 1. The van der Waals surface area contributed by atoms with Crippen LogP contribution in [0.5, 0.6) is 5.75 Å². The summed E-state index contributed by atoms with van der Waals surface area (Å²) in [6.07, 6.45) is 3.50. The Hall–Kier alpha value is -3.58. The molecule has 160 valence electrons. The second kappa shape index (κ2) is 8.51. The summed E-state index contributed by atoms with van der Waals surface area (Å²) in [7, 11) is 1.75. The molecule has 2 aromatic heterocycles. The van der Waals surface area contributed by atoms with Crippen molar-refractivity contribution in [2.24, 2.45) is 7.05 Å². The number of hydrogen-bond acceptors (Lipinski definition) is 6. The molecular formula is C25H22N4O2S. The quantitative estimate of drug-likeness (QED) is 0.387. The van der Waals surface area contributed by atoms with E-state index in [9.17, 15) is 4.79 Å². The van der Waals surface area contributed by atoms with Gasteiger partial charge in [-0.05, 0) is 49.1 Å². The summed E-state index contributed by atoms with van der Waals surface area (Å²) in [5, 5.41) is 8.58. The minimum absolute atomic E-state index is 0.0574. The van der Waals surface area contributed by atoms with Crippen molar-refractivity contribution in [1.29, 1.82) is 0 Å². The van der Waals surface area contributed by atoms with Crippen LogP contribution in [0.3, 0.4) is 0 Å². The number of nitrogens with zero attached hydrogens (tertiary/aromatic N) is 4. The van der Waals surface area contributed by atoms with Crippen LogP contribution < -0.4 is 4.74 Å². The second-order valence-corrected chi connectivity index (χ2v) is 8.57. The average molecular weight is 443 g/mol. The number of Topliss-reactive ketones (excluding diaryl/α,β-unsaturated/α-hetero) is 1. The van der Waals surface area contributed by atoms with Crippen molar-refractivity contribution in [2.75, 3.05) is 6.61 Å². The molecule has 0 radical (unpaired) electrons. The zero-order valence-electron chi connectivity index (χ0n) is 17.9. The molecule has 0 spiro atoms. The third-order valence-corrected chi connectivity index (χ3v) is 6.48.